The second kappa shape index (κ2) is 61.1. The second-order valence-electron chi connectivity index (χ2n) is 24.7. The Morgan fingerprint density at radius 3 is 0.452 bits per heavy atom. The standard InChI is InChI=1S/C68H139NO3S/c1-4-7-10-13-16-19-22-25-28-31-34-37-40-43-46-49-52-55-58-61-64-69(67-68-73(70,71)72,65-62-59-56-53-50-47-44-41-38-35-32-29-26-23-20-17-14-11-8-5-2)66-63-60-57-54-51-48-45-42-39-36-33-30-27-24-21-18-15-12-9-6-3/h4-68H2,1-3H3/p+1. The molecule has 0 radical (unpaired) electrons. The summed E-state index contributed by atoms with van der Waals surface area (Å²) in [5.74, 6) is -0.0788. The van der Waals surface area contributed by atoms with Crippen LogP contribution in [0.4, 0.5) is 0 Å². The minimum atomic E-state index is -3.97. The van der Waals surface area contributed by atoms with E-state index in [9.17, 15) is 13.0 Å². The lowest BCUT2D eigenvalue weighted by Gasteiger charge is -2.39. The number of hydrogen-bond acceptors (Lipinski definition) is 2. The van der Waals surface area contributed by atoms with Gasteiger partial charge in [-0.25, -0.2) is 0 Å². The van der Waals surface area contributed by atoms with Gasteiger partial charge in [0, 0.05) is 0 Å². The van der Waals surface area contributed by atoms with E-state index in [0.717, 1.165) is 24.1 Å². The van der Waals surface area contributed by atoms with Crippen molar-refractivity contribution in [3.05, 3.63) is 0 Å². The molecule has 73 heavy (non-hydrogen) atoms. The fourth-order valence-corrected chi connectivity index (χ4v) is 12.7. The van der Waals surface area contributed by atoms with Gasteiger partial charge >= 0.3 is 0 Å². The third kappa shape index (κ3) is 61.0. The Morgan fingerprint density at radius 2 is 0.329 bits per heavy atom. The molecule has 0 rings (SSSR count). The molecule has 0 aromatic heterocycles. The van der Waals surface area contributed by atoms with Crippen LogP contribution in [0.5, 0.6) is 0 Å². The van der Waals surface area contributed by atoms with Gasteiger partial charge in [0.05, 0.1) is 26.2 Å². The van der Waals surface area contributed by atoms with Gasteiger partial charge in [-0.15, -0.1) is 0 Å². The average Bonchev–Trinajstić information content (AvgIpc) is 3.38. The zero-order valence-corrected chi connectivity index (χ0v) is 51.9. The number of hydrogen-bond donors (Lipinski definition) is 1. The van der Waals surface area contributed by atoms with Crippen molar-refractivity contribution in [2.45, 2.75) is 406 Å². The molecule has 5 heteroatoms. The Labute approximate surface area is 463 Å². The van der Waals surface area contributed by atoms with E-state index in [1.807, 2.05) is 0 Å². The van der Waals surface area contributed by atoms with Crippen LogP contribution in [0.2, 0.25) is 0 Å². The molecule has 0 aliphatic rings. The highest BCUT2D eigenvalue weighted by molar-refractivity contribution is 7.85. The third-order valence-electron chi connectivity index (χ3n) is 17.3. The molecule has 0 atom stereocenters. The van der Waals surface area contributed by atoms with Crippen molar-refractivity contribution in [1.29, 1.82) is 0 Å². The predicted molar refractivity (Wildman–Crippen MR) is 330 cm³/mol. The number of quaternary nitrogens is 1. The summed E-state index contributed by atoms with van der Waals surface area (Å²) < 4.78 is 35.3. The van der Waals surface area contributed by atoms with Crippen molar-refractivity contribution in [2.24, 2.45) is 0 Å². The van der Waals surface area contributed by atoms with Crippen molar-refractivity contribution in [2.75, 3.05) is 31.9 Å². The maximum Gasteiger partial charge on any atom is 0.270 e. The lowest BCUT2D eigenvalue weighted by Crippen LogP contribution is -2.52. The minimum Gasteiger partial charge on any atom is -0.323 e. The van der Waals surface area contributed by atoms with Crippen LogP contribution in [-0.4, -0.2) is 49.4 Å². The van der Waals surface area contributed by atoms with E-state index in [0.29, 0.717) is 6.54 Å². The molecule has 0 aliphatic carbocycles. The number of unbranched alkanes of at least 4 members (excludes halogenated alkanes) is 57. The van der Waals surface area contributed by atoms with Gasteiger partial charge in [0.2, 0.25) is 0 Å². The number of rotatable bonds is 66. The van der Waals surface area contributed by atoms with Crippen LogP contribution in [0.3, 0.4) is 0 Å². The van der Waals surface area contributed by atoms with Gasteiger partial charge < -0.3 is 4.48 Å². The first-order valence-corrected chi connectivity index (χ1v) is 36.3. The third-order valence-corrected chi connectivity index (χ3v) is 18.0. The first-order valence-electron chi connectivity index (χ1n) is 34.7. The molecule has 0 spiro atoms. The Bertz CT molecular complexity index is 1000. The SMILES string of the molecule is CCCCCCCCCCCCCCCCCCCCCC[N+](CCCCCCCCCCCCCCCCCCCCCC)(CCCCCCCCCCCCCCCCCCCCCC)CCS(=O)(=O)O. The molecular formula is C68H140NO3S+. The average molecular weight is 1050 g/mol. The highest BCUT2D eigenvalue weighted by atomic mass is 32.2. The van der Waals surface area contributed by atoms with Crippen LogP contribution in [0.25, 0.3) is 0 Å². The van der Waals surface area contributed by atoms with Crippen molar-refractivity contribution in [3.63, 3.8) is 0 Å². The summed E-state index contributed by atoms with van der Waals surface area (Å²) >= 11 is 0. The topological polar surface area (TPSA) is 54.4 Å². The van der Waals surface area contributed by atoms with Gasteiger partial charge in [0.25, 0.3) is 10.1 Å². The van der Waals surface area contributed by atoms with E-state index in [1.54, 1.807) is 0 Å². The number of nitrogens with zero attached hydrogens (tertiary/aromatic N) is 1. The van der Waals surface area contributed by atoms with Crippen molar-refractivity contribution < 1.29 is 17.5 Å². The van der Waals surface area contributed by atoms with Crippen LogP contribution >= 0.6 is 0 Å². The quantitative estimate of drug-likeness (QED) is 0.0375. The molecule has 1 N–H and O–H groups in total. The van der Waals surface area contributed by atoms with E-state index >= 15 is 0 Å². The maximum atomic E-state index is 12.2. The first-order chi connectivity index (χ1) is 35.9. The molecular weight excluding hydrogens is 911 g/mol. The van der Waals surface area contributed by atoms with E-state index in [1.165, 1.54) is 385 Å². The van der Waals surface area contributed by atoms with Crippen molar-refractivity contribution >= 4 is 10.1 Å². The fraction of sp³-hybridized carbons (Fsp3) is 1.00. The van der Waals surface area contributed by atoms with Crippen molar-refractivity contribution in [3.8, 4) is 0 Å². The summed E-state index contributed by atoms with van der Waals surface area (Å²) in [6.45, 7) is 10.8. The lowest BCUT2D eigenvalue weighted by molar-refractivity contribution is -0.926. The molecule has 0 saturated heterocycles. The first kappa shape index (κ1) is 72.9. The van der Waals surface area contributed by atoms with Crippen LogP contribution < -0.4 is 0 Å². The summed E-state index contributed by atoms with van der Waals surface area (Å²) in [5.41, 5.74) is 0. The molecule has 0 saturated carbocycles. The van der Waals surface area contributed by atoms with Gasteiger partial charge in [-0.3, -0.25) is 4.55 Å². The molecule has 0 unspecified atom stereocenters. The summed E-state index contributed by atoms with van der Waals surface area (Å²) in [6, 6.07) is 0. The fourth-order valence-electron chi connectivity index (χ4n) is 12.1. The molecule has 440 valence electrons. The zero-order chi connectivity index (χ0) is 53.0. The van der Waals surface area contributed by atoms with Crippen LogP contribution in [0, 0.1) is 0 Å². The smallest absolute Gasteiger partial charge is 0.270 e. The largest absolute Gasteiger partial charge is 0.323 e. The molecule has 0 heterocycles. The van der Waals surface area contributed by atoms with Gasteiger partial charge in [-0.1, -0.05) is 367 Å². The van der Waals surface area contributed by atoms with Gasteiger partial charge in [-0.2, -0.15) is 8.42 Å². The summed E-state index contributed by atoms with van der Waals surface area (Å²) in [6.07, 6.45) is 83.9. The summed E-state index contributed by atoms with van der Waals surface area (Å²) in [7, 11) is -3.97. The van der Waals surface area contributed by atoms with E-state index < -0.39 is 10.1 Å². The van der Waals surface area contributed by atoms with E-state index in [2.05, 4.69) is 20.8 Å². The molecule has 0 bridgehead atoms. The molecule has 0 aliphatic heterocycles. The molecule has 0 aromatic rings. The molecule has 0 fully saturated rings. The van der Waals surface area contributed by atoms with Gasteiger partial charge in [0.1, 0.15) is 5.75 Å². The monoisotopic (exact) mass is 1050 g/mol. The molecule has 0 aromatic carbocycles. The van der Waals surface area contributed by atoms with Crippen molar-refractivity contribution in [1.82, 2.24) is 0 Å². The predicted octanol–water partition coefficient (Wildman–Crippen LogP) is 24.2. The Balaban J connectivity index is 4.55. The Kier molecular flexibility index (Phi) is 61.0. The Hall–Kier alpha value is -0.130. The van der Waals surface area contributed by atoms with Crippen LogP contribution in [-0.2, 0) is 10.1 Å². The maximum absolute atomic E-state index is 12.2. The van der Waals surface area contributed by atoms with E-state index in [4.69, 9.17) is 0 Å². The molecule has 0 amide bonds. The van der Waals surface area contributed by atoms with Crippen LogP contribution in [0.15, 0.2) is 0 Å². The van der Waals surface area contributed by atoms with Gasteiger partial charge in [-0.05, 0) is 38.5 Å². The van der Waals surface area contributed by atoms with E-state index in [-0.39, 0.29) is 5.75 Å². The lowest BCUT2D eigenvalue weighted by atomic mass is 10.0. The highest BCUT2D eigenvalue weighted by Gasteiger charge is 2.28. The Morgan fingerprint density at radius 1 is 0.205 bits per heavy atom. The van der Waals surface area contributed by atoms with Gasteiger partial charge in [0.15, 0.2) is 0 Å². The summed E-state index contributed by atoms with van der Waals surface area (Å²) in [4.78, 5) is 0. The highest BCUT2D eigenvalue weighted by Crippen LogP contribution is 2.22. The zero-order valence-electron chi connectivity index (χ0n) is 51.1. The summed E-state index contributed by atoms with van der Waals surface area (Å²) in [5, 5.41) is 0. The normalized spacial score (nSPS) is 12.2. The minimum absolute atomic E-state index is 0.0788. The van der Waals surface area contributed by atoms with Crippen LogP contribution in [0.1, 0.15) is 406 Å². The molecule has 4 nitrogen and oxygen atoms in total. The second-order valence-corrected chi connectivity index (χ2v) is 26.2.